The summed E-state index contributed by atoms with van der Waals surface area (Å²) < 4.78 is 2.28. The van der Waals surface area contributed by atoms with Crippen LogP contribution in [0, 0.1) is 0 Å². The summed E-state index contributed by atoms with van der Waals surface area (Å²) in [5.41, 5.74) is 1.19. The van der Waals surface area contributed by atoms with Gasteiger partial charge in [0.25, 0.3) is 5.91 Å². The van der Waals surface area contributed by atoms with Gasteiger partial charge in [-0.05, 0) is 15.9 Å². The molecule has 0 saturated heterocycles. The van der Waals surface area contributed by atoms with Gasteiger partial charge in [-0.1, -0.05) is 11.6 Å². The number of hydrogen-bond acceptors (Lipinski definition) is 3. The van der Waals surface area contributed by atoms with Gasteiger partial charge in [0, 0.05) is 14.1 Å². The molecule has 0 atom stereocenters. The van der Waals surface area contributed by atoms with Crippen LogP contribution in [0.5, 0.6) is 0 Å². The first-order valence-corrected chi connectivity index (χ1v) is 6.28. The van der Waals surface area contributed by atoms with E-state index in [-0.39, 0.29) is 5.91 Å². The topological polar surface area (TPSA) is 66.8 Å². The molecule has 0 unspecified atom stereocenters. The third kappa shape index (κ3) is 2.41. The first kappa shape index (κ1) is 13.1. The zero-order chi connectivity index (χ0) is 13.3. The summed E-state index contributed by atoms with van der Waals surface area (Å²) in [5, 5.41) is 11.0. The largest absolute Gasteiger partial charge is 0.334 e. The van der Waals surface area contributed by atoms with Gasteiger partial charge in [0.05, 0.1) is 34.1 Å². The van der Waals surface area contributed by atoms with Crippen molar-refractivity contribution < 1.29 is 4.79 Å². The number of H-pyrrole nitrogens is 1. The second-order valence-corrected chi connectivity index (χ2v) is 5.08. The highest BCUT2D eigenvalue weighted by Crippen LogP contribution is 2.18. The number of nitrogens with one attached hydrogen (secondary N) is 1. The SMILES string of the molecule is CN(Cc1c(Cl)cnn1C)C(=O)c1[nH]ncc1Br. The summed E-state index contributed by atoms with van der Waals surface area (Å²) in [6.45, 7) is 0.375. The van der Waals surface area contributed by atoms with Crippen molar-refractivity contribution in [2.45, 2.75) is 6.54 Å². The predicted molar refractivity (Wildman–Crippen MR) is 70.3 cm³/mol. The Morgan fingerprint density at radius 2 is 2.33 bits per heavy atom. The van der Waals surface area contributed by atoms with E-state index in [1.807, 2.05) is 0 Å². The summed E-state index contributed by atoms with van der Waals surface area (Å²) in [6.07, 6.45) is 3.10. The Morgan fingerprint density at radius 1 is 1.61 bits per heavy atom. The number of hydrogen-bond donors (Lipinski definition) is 1. The molecule has 2 heterocycles. The monoisotopic (exact) mass is 331 g/mol. The molecule has 6 nitrogen and oxygen atoms in total. The molecule has 2 rings (SSSR count). The molecule has 0 aromatic carbocycles. The lowest BCUT2D eigenvalue weighted by atomic mass is 10.3. The predicted octanol–water partition coefficient (Wildman–Crippen LogP) is 1.83. The van der Waals surface area contributed by atoms with Gasteiger partial charge in [0.2, 0.25) is 0 Å². The van der Waals surface area contributed by atoms with Crippen LogP contribution >= 0.6 is 27.5 Å². The number of nitrogens with zero attached hydrogens (tertiary/aromatic N) is 4. The number of rotatable bonds is 3. The summed E-state index contributed by atoms with van der Waals surface area (Å²) in [6, 6.07) is 0. The van der Waals surface area contributed by atoms with Crippen LogP contribution < -0.4 is 0 Å². The standard InChI is InChI=1S/C10H11BrClN5O/c1-16(5-8-7(12)4-14-17(8)2)10(18)9-6(11)3-13-15-9/h3-4H,5H2,1-2H3,(H,13,15). The van der Waals surface area contributed by atoms with Gasteiger partial charge in [-0.3, -0.25) is 14.6 Å². The highest BCUT2D eigenvalue weighted by Gasteiger charge is 2.19. The van der Waals surface area contributed by atoms with Gasteiger partial charge in [0.15, 0.2) is 0 Å². The molecule has 2 aromatic rings. The molecule has 96 valence electrons. The lowest BCUT2D eigenvalue weighted by Crippen LogP contribution is -2.28. The van der Waals surface area contributed by atoms with Gasteiger partial charge in [-0.2, -0.15) is 10.2 Å². The number of halogens is 2. The second-order valence-electron chi connectivity index (χ2n) is 3.82. The van der Waals surface area contributed by atoms with E-state index < -0.39 is 0 Å². The molecule has 1 amide bonds. The van der Waals surface area contributed by atoms with E-state index in [1.54, 1.807) is 29.9 Å². The Labute approximate surface area is 117 Å². The van der Waals surface area contributed by atoms with E-state index >= 15 is 0 Å². The highest BCUT2D eigenvalue weighted by atomic mass is 79.9. The molecular weight excluding hydrogens is 322 g/mol. The quantitative estimate of drug-likeness (QED) is 0.932. The summed E-state index contributed by atoms with van der Waals surface area (Å²) >= 11 is 9.26. The van der Waals surface area contributed by atoms with Crippen LogP contribution in [-0.2, 0) is 13.6 Å². The van der Waals surface area contributed by atoms with Crippen molar-refractivity contribution in [2.24, 2.45) is 7.05 Å². The summed E-state index contributed by atoms with van der Waals surface area (Å²) in [4.78, 5) is 13.7. The number of aryl methyl sites for hydroxylation is 1. The highest BCUT2D eigenvalue weighted by molar-refractivity contribution is 9.10. The van der Waals surface area contributed by atoms with E-state index in [9.17, 15) is 4.79 Å². The molecule has 0 spiro atoms. The first-order valence-electron chi connectivity index (χ1n) is 5.11. The molecule has 1 N–H and O–H groups in total. The van der Waals surface area contributed by atoms with Crippen LogP contribution in [0.4, 0.5) is 0 Å². The number of carbonyl (C=O) groups is 1. The second kappa shape index (κ2) is 5.11. The van der Waals surface area contributed by atoms with Crippen LogP contribution in [0.2, 0.25) is 5.02 Å². The molecule has 0 radical (unpaired) electrons. The van der Waals surface area contributed by atoms with Crippen LogP contribution in [0.15, 0.2) is 16.9 Å². The Bertz CT molecular complexity index is 559. The smallest absolute Gasteiger partial charge is 0.273 e. The lowest BCUT2D eigenvalue weighted by molar-refractivity contribution is 0.0775. The number of carbonyl (C=O) groups excluding carboxylic acids is 1. The molecular formula is C10H11BrClN5O. The van der Waals surface area contributed by atoms with Gasteiger partial charge in [-0.15, -0.1) is 0 Å². The molecule has 0 aliphatic rings. The van der Waals surface area contributed by atoms with Crippen molar-refractivity contribution in [3.63, 3.8) is 0 Å². The normalized spacial score (nSPS) is 10.7. The van der Waals surface area contributed by atoms with Gasteiger partial charge in [0.1, 0.15) is 5.69 Å². The molecule has 0 aliphatic carbocycles. The maximum absolute atomic E-state index is 12.1. The molecule has 8 heteroatoms. The molecule has 0 aliphatic heterocycles. The minimum absolute atomic E-state index is 0.170. The van der Waals surface area contributed by atoms with E-state index in [4.69, 9.17) is 11.6 Å². The van der Waals surface area contributed by atoms with E-state index in [0.29, 0.717) is 21.7 Å². The van der Waals surface area contributed by atoms with Crippen LogP contribution in [0.25, 0.3) is 0 Å². The van der Waals surface area contributed by atoms with Gasteiger partial charge < -0.3 is 4.90 Å². The Hall–Kier alpha value is -1.34. The molecule has 0 fully saturated rings. The fraction of sp³-hybridized carbons (Fsp3) is 0.300. The number of aromatic amines is 1. The zero-order valence-electron chi connectivity index (χ0n) is 9.81. The lowest BCUT2D eigenvalue weighted by Gasteiger charge is -2.16. The summed E-state index contributed by atoms with van der Waals surface area (Å²) in [5.74, 6) is -0.170. The van der Waals surface area contributed by atoms with Crippen LogP contribution in [0.1, 0.15) is 16.2 Å². The molecule has 0 bridgehead atoms. The van der Waals surface area contributed by atoms with Crippen LogP contribution in [-0.4, -0.2) is 37.8 Å². The van der Waals surface area contributed by atoms with Gasteiger partial charge >= 0.3 is 0 Å². The van der Waals surface area contributed by atoms with Crippen molar-refractivity contribution in [2.75, 3.05) is 7.05 Å². The number of amides is 1. The van der Waals surface area contributed by atoms with E-state index in [2.05, 4.69) is 31.2 Å². The average molecular weight is 333 g/mol. The number of aromatic nitrogens is 4. The Morgan fingerprint density at radius 3 is 2.83 bits per heavy atom. The molecule has 0 saturated carbocycles. The molecule has 2 aromatic heterocycles. The minimum Gasteiger partial charge on any atom is -0.334 e. The molecule has 18 heavy (non-hydrogen) atoms. The fourth-order valence-corrected chi connectivity index (χ4v) is 2.11. The van der Waals surface area contributed by atoms with Crippen molar-refractivity contribution in [1.29, 1.82) is 0 Å². The van der Waals surface area contributed by atoms with Gasteiger partial charge in [-0.25, -0.2) is 0 Å². The van der Waals surface area contributed by atoms with Crippen molar-refractivity contribution in [3.8, 4) is 0 Å². The average Bonchev–Trinajstić information content (AvgIpc) is 2.88. The maximum atomic E-state index is 12.1. The van der Waals surface area contributed by atoms with Crippen LogP contribution in [0.3, 0.4) is 0 Å². The third-order valence-electron chi connectivity index (χ3n) is 2.55. The first-order chi connectivity index (χ1) is 8.50. The summed E-state index contributed by atoms with van der Waals surface area (Å²) in [7, 11) is 3.48. The zero-order valence-corrected chi connectivity index (χ0v) is 12.2. The Kier molecular flexibility index (Phi) is 3.72. The van der Waals surface area contributed by atoms with Crippen molar-refractivity contribution in [3.05, 3.63) is 33.3 Å². The van der Waals surface area contributed by atoms with E-state index in [0.717, 1.165) is 5.69 Å². The Balaban J connectivity index is 2.16. The fourth-order valence-electron chi connectivity index (χ4n) is 1.52. The minimum atomic E-state index is -0.170. The maximum Gasteiger partial charge on any atom is 0.273 e. The third-order valence-corrected chi connectivity index (χ3v) is 3.47. The van der Waals surface area contributed by atoms with Crippen molar-refractivity contribution >= 4 is 33.4 Å². The van der Waals surface area contributed by atoms with E-state index in [1.165, 1.54) is 6.20 Å². The van der Waals surface area contributed by atoms with Crippen molar-refractivity contribution in [1.82, 2.24) is 24.9 Å².